The predicted molar refractivity (Wildman–Crippen MR) is 70.4 cm³/mol. The molecule has 0 fully saturated rings. The Bertz CT molecular complexity index is 564. The summed E-state index contributed by atoms with van der Waals surface area (Å²) in [6, 6.07) is 4.41. The van der Waals surface area contributed by atoms with Gasteiger partial charge in [0.2, 0.25) is 0 Å². The molecule has 0 bridgehead atoms. The summed E-state index contributed by atoms with van der Waals surface area (Å²) in [4.78, 5) is 11.4. The average Bonchev–Trinajstić information content (AvgIpc) is 2.44. The maximum absolute atomic E-state index is 12.8. The summed E-state index contributed by atoms with van der Waals surface area (Å²) in [5.74, 6) is -0.986. The average molecular weight is 300 g/mol. The lowest BCUT2D eigenvalue weighted by atomic mass is 10.0. The largest absolute Gasteiger partial charge is 0.469 e. The molecule has 0 aromatic heterocycles. The van der Waals surface area contributed by atoms with Gasteiger partial charge in [-0.25, -0.2) is 0 Å². The maximum atomic E-state index is 12.8. The van der Waals surface area contributed by atoms with E-state index in [0.717, 1.165) is 12.1 Å². The number of carbonyl (C=O) groups excluding carboxylic acids is 1. The van der Waals surface area contributed by atoms with Crippen LogP contribution in [-0.4, -0.2) is 19.1 Å². The van der Waals surface area contributed by atoms with E-state index < -0.39 is 35.2 Å². The standard InChI is InChI=1S/C14H15F3N2O2/c1-8(13(20)21-3)9(2)19-11-5-4-10(7-18)12(6-11)14(15,16)17/h4-6,8-9,19H,1-3H3. The van der Waals surface area contributed by atoms with Crippen molar-refractivity contribution >= 4 is 11.7 Å². The van der Waals surface area contributed by atoms with Gasteiger partial charge in [0.25, 0.3) is 0 Å². The zero-order valence-corrected chi connectivity index (χ0v) is 11.8. The first-order valence-corrected chi connectivity index (χ1v) is 6.16. The third-order valence-corrected chi connectivity index (χ3v) is 3.16. The highest BCUT2D eigenvalue weighted by atomic mass is 19.4. The number of hydrogen-bond donors (Lipinski definition) is 1. The van der Waals surface area contributed by atoms with Crippen LogP contribution in [0.2, 0.25) is 0 Å². The maximum Gasteiger partial charge on any atom is 0.417 e. The Hall–Kier alpha value is -2.23. The van der Waals surface area contributed by atoms with Crippen LogP contribution in [-0.2, 0) is 15.7 Å². The first kappa shape index (κ1) is 16.8. The Balaban J connectivity index is 3.01. The first-order valence-electron chi connectivity index (χ1n) is 6.16. The molecule has 1 aromatic rings. The predicted octanol–water partition coefficient (Wildman–Crippen LogP) is 3.19. The van der Waals surface area contributed by atoms with E-state index in [0.29, 0.717) is 0 Å². The summed E-state index contributed by atoms with van der Waals surface area (Å²) >= 11 is 0. The number of alkyl halides is 3. The summed E-state index contributed by atoms with van der Waals surface area (Å²) in [6.07, 6.45) is -4.61. The molecule has 0 aliphatic rings. The normalized spacial score (nSPS) is 14.0. The van der Waals surface area contributed by atoms with Crippen LogP contribution >= 0.6 is 0 Å². The number of benzene rings is 1. The quantitative estimate of drug-likeness (QED) is 0.867. The third-order valence-electron chi connectivity index (χ3n) is 3.16. The second kappa shape index (κ2) is 6.48. The number of nitrogens with one attached hydrogen (secondary N) is 1. The Labute approximate surface area is 120 Å². The highest BCUT2D eigenvalue weighted by molar-refractivity contribution is 5.73. The highest BCUT2D eigenvalue weighted by Crippen LogP contribution is 2.33. The van der Waals surface area contributed by atoms with Crippen molar-refractivity contribution in [1.82, 2.24) is 0 Å². The number of ether oxygens (including phenoxy) is 1. The molecule has 2 unspecified atom stereocenters. The number of rotatable bonds is 4. The fourth-order valence-electron chi connectivity index (χ4n) is 1.74. The second-order valence-corrected chi connectivity index (χ2v) is 4.61. The topological polar surface area (TPSA) is 62.1 Å². The zero-order valence-electron chi connectivity index (χ0n) is 11.8. The smallest absolute Gasteiger partial charge is 0.417 e. The molecule has 21 heavy (non-hydrogen) atoms. The number of esters is 1. The Morgan fingerprint density at radius 1 is 1.38 bits per heavy atom. The van der Waals surface area contributed by atoms with Gasteiger partial charge in [-0.05, 0) is 32.0 Å². The molecular formula is C14H15F3N2O2. The van der Waals surface area contributed by atoms with Gasteiger partial charge in [0.15, 0.2) is 0 Å². The molecule has 1 aromatic carbocycles. The van der Waals surface area contributed by atoms with Crippen molar-refractivity contribution in [3.63, 3.8) is 0 Å². The summed E-state index contributed by atoms with van der Waals surface area (Å²) in [5, 5.41) is 11.5. The van der Waals surface area contributed by atoms with Crippen LogP contribution in [0.3, 0.4) is 0 Å². The van der Waals surface area contributed by atoms with Crippen LogP contribution in [0, 0.1) is 17.2 Å². The molecule has 0 spiro atoms. The number of carbonyl (C=O) groups is 1. The summed E-state index contributed by atoms with van der Waals surface area (Å²) in [7, 11) is 1.25. The van der Waals surface area contributed by atoms with Gasteiger partial charge in [-0.15, -0.1) is 0 Å². The number of hydrogen-bond acceptors (Lipinski definition) is 4. The molecule has 0 amide bonds. The van der Waals surface area contributed by atoms with Gasteiger partial charge >= 0.3 is 12.1 Å². The molecule has 1 rings (SSSR count). The van der Waals surface area contributed by atoms with Gasteiger partial charge in [0.1, 0.15) is 0 Å². The molecule has 4 nitrogen and oxygen atoms in total. The van der Waals surface area contributed by atoms with Crippen molar-refractivity contribution in [1.29, 1.82) is 5.26 Å². The Kier molecular flexibility index (Phi) is 5.19. The van der Waals surface area contributed by atoms with Crippen LogP contribution < -0.4 is 5.32 Å². The molecule has 2 atom stereocenters. The summed E-state index contributed by atoms with van der Waals surface area (Å²) < 4.78 is 43.1. The first-order chi connectivity index (χ1) is 9.70. The molecule has 7 heteroatoms. The molecular weight excluding hydrogens is 285 g/mol. The van der Waals surface area contributed by atoms with Crippen LogP contribution in [0.25, 0.3) is 0 Å². The van der Waals surface area contributed by atoms with E-state index in [4.69, 9.17) is 5.26 Å². The van der Waals surface area contributed by atoms with Crippen molar-refractivity contribution in [2.45, 2.75) is 26.1 Å². The lowest BCUT2D eigenvalue weighted by Crippen LogP contribution is -2.30. The third kappa shape index (κ3) is 4.12. The van der Waals surface area contributed by atoms with Gasteiger partial charge in [0, 0.05) is 11.7 Å². The van der Waals surface area contributed by atoms with Gasteiger partial charge in [-0.3, -0.25) is 4.79 Å². The molecule has 0 saturated carbocycles. The van der Waals surface area contributed by atoms with E-state index in [9.17, 15) is 18.0 Å². The van der Waals surface area contributed by atoms with Gasteiger partial charge in [-0.1, -0.05) is 0 Å². The van der Waals surface area contributed by atoms with Gasteiger partial charge < -0.3 is 10.1 Å². The van der Waals surface area contributed by atoms with Crippen molar-refractivity contribution in [2.24, 2.45) is 5.92 Å². The molecule has 0 aliphatic carbocycles. The number of halogens is 3. The molecule has 0 saturated heterocycles. The monoisotopic (exact) mass is 300 g/mol. The van der Waals surface area contributed by atoms with Crippen molar-refractivity contribution in [3.05, 3.63) is 29.3 Å². The van der Waals surface area contributed by atoms with Gasteiger partial charge in [0.05, 0.1) is 30.2 Å². The minimum absolute atomic E-state index is 0.185. The Morgan fingerprint density at radius 3 is 2.48 bits per heavy atom. The van der Waals surface area contributed by atoms with Crippen LogP contribution in [0.5, 0.6) is 0 Å². The van der Waals surface area contributed by atoms with E-state index >= 15 is 0 Å². The molecule has 0 aliphatic heterocycles. The summed E-state index contributed by atoms with van der Waals surface area (Å²) in [5.41, 5.74) is -1.26. The fraction of sp³-hybridized carbons (Fsp3) is 0.429. The minimum Gasteiger partial charge on any atom is -0.469 e. The molecule has 0 radical (unpaired) electrons. The minimum atomic E-state index is -4.61. The fourth-order valence-corrected chi connectivity index (χ4v) is 1.74. The zero-order chi connectivity index (χ0) is 16.2. The molecule has 0 heterocycles. The van der Waals surface area contributed by atoms with Gasteiger partial charge in [-0.2, -0.15) is 18.4 Å². The van der Waals surface area contributed by atoms with Crippen molar-refractivity contribution in [3.8, 4) is 6.07 Å². The number of nitrogens with zero attached hydrogens (tertiary/aromatic N) is 1. The molecule has 1 N–H and O–H groups in total. The van der Waals surface area contributed by atoms with Crippen molar-refractivity contribution < 1.29 is 22.7 Å². The highest BCUT2D eigenvalue weighted by Gasteiger charge is 2.34. The van der Waals surface area contributed by atoms with E-state index in [1.807, 2.05) is 0 Å². The lowest BCUT2D eigenvalue weighted by Gasteiger charge is -2.21. The van der Waals surface area contributed by atoms with Crippen LogP contribution in [0.4, 0.5) is 18.9 Å². The number of methoxy groups -OCH3 is 1. The number of nitriles is 1. The number of anilines is 1. The Morgan fingerprint density at radius 2 is 2.00 bits per heavy atom. The van der Waals surface area contributed by atoms with Crippen molar-refractivity contribution in [2.75, 3.05) is 12.4 Å². The summed E-state index contributed by atoms with van der Waals surface area (Å²) in [6.45, 7) is 3.27. The molecule has 114 valence electrons. The second-order valence-electron chi connectivity index (χ2n) is 4.61. The van der Waals surface area contributed by atoms with E-state index in [-0.39, 0.29) is 5.69 Å². The van der Waals surface area contributed by atoms with Crippen LogP contribution in [0.1, 0.15) is 25.0 Å². The SMILES string of the molecule is COC(=O)C(C)C(C)Nc1ccc(C#N)c(C(F)(F)F)c1. The lowest BCUT2D eigenvalue weighted by molar-refractivity contribution is -0.145. The van der Waals surface area contributed by atoms with Crippen LogP contribution in [0.15, 0.2) is 18.2 Å². The van der Waals surface area contributed by atoms with E-state index in [2.05, 4.69) is 10.1 Å². The van der Waals surface area contributed by atoms with E-state index in [1.165, 1.54) is 19.2 Å². The van der Waals surface area contributed by atoms with E-state index in [1.54, 1.807) is 13.8 Å².